The fourth-order valence-corrected chi connectivity index (χ4v) is 3.02. The lowest BCUT2D eigenvalue weighted by Gasteiger charge is -2.16. The Morgan fingerprint density at radius 2 is 2.32 bits per heavy atom. The van der Waals surface area contributed by atoms with E-state index in [2.05, 4.69) is 30.9 Å². The summed E-state index contributed by atoms with van der Waals surface area (Å²) in [4.78, 5) is 22.3. The highest BCUT2D eigenvalue weighted by atomic mass is 79.9. The monoisotopic (exact) mass is 373 g/mol. The summed E-state index contributed by atoms with van der Waals surface area (Å²) in [6.45, 7) is 1.10. The Morgan fingerprint density at radius 3 is 3.05 bits per heavy atom. The standard InChI is InChI=1S/C12H13BrFN5O3/c1-5(20)21-2-6-8(14)7(13)12(22-6)19-4-18-9-10(15)16-3-17-11(9)19/h3-4,6-8,12H,2H2,1H3,(H2,15,16,17). The number of halogens is 2. The maximum Gasteiger partial charge on any atom is 0.302 e. The van der Waals surface area contributed by atoms with E-state index in [-0.39, 0.29) is 12.4 Å². The normalized spacial score (nSPS) is 28.1. The second kappa shape index (κ2) is 5.76. The molecule has 3 rings (SSSR count). The number of fused-ring (bicyclic) bond motifs is 1. The van der Waals surface area contributed by atoms with Crippen molar-refractivity contribution in [2.24, 2.45) is 0 Å². The predicted molar refractivity (Wildman–Crippen MR) is 77.9 cm³/mol. The Balaban J connectivity index is 1.87. The molecule has 0 radical (unpaired) electrons. The van der Waals surface area contributed by atoms with Crippen molar-refractivity contribution >= 4 is 38.9 Å². The number of imidazole rings is 1. The van der Waals surface area contributed by atoms with Gasteiger partial charge in [0.05, 0.1) is 11.2 Å². The number of rotatable bonds is 3. The Labute approximate surface area is 133 Å². The zero-order chi connectivity index (χ0) is 15.9. The first-order valence-electron chi connectivity index (χ1n) is 6.49. The summed E-state index contributed by atoms with van der Waals surface area (Å²) in [5.41, 5.74) is 6.59. The lowest BCUT2D eigenvalue weighted by Crippen LogP contribution is -2.27. The smallest absolute Gasteiger partial charge is 0.302 e. The first kappa shape index (κ1) is 15.1. The van der Waals surface area contributed by atoms with Crippen molar-refractivity contribution in [3.05, 3.63) is 12.7 Å². The summed E-state index contributed by atoms with van der Waals surface area (Å²) < 4.78 is 26.3. The Bertz CT molecular complexity index is 711. The van der Waals surface area contributed by atoms with Gasteiger partial charge in [-0.05, 0) is 0 Å². The third-order valence-electron chi connectivity index (χ3n) is 3.36. The van der Waals surface area contributed by atoms with Crippen LogP contribution in [0.15, 0.2) is 12.7 Å². The molecule has 2 aromatic rings. The number of carbonyl (C=O) groups is 1. The summed E-state index contributed by atoms with van der Waals surface area (Å²) in [7, 11) is 0. The number of nitrogens with two attached hydrogens (primary N) is 1. The van der Waals surface area contributed by atoms with Gasteiger partial charge in [-0.1, -0.05) is 15.9 Å². The summed E-state index contributed by atoms with van der Waals surface area (Å²) >= 11 is 3.28. The number of hydrogen-bond donors (Lipinski definition) is 1. The van der Waals surface area contributed by atoms with Crippen molar-refractivity contribution in [2.75, 3.05) is 12.3 Å². The lowest BCUT2D eigenvalue weighted by atomic mass is 10.2. The van der Waals surface area contributed by atoms with Gasteiger partial charge in [0.15, 0.2) is 17.7 Å². The highest BCUT2D eigenvalue weighted by molar-refractivity contribution is 9.09. The van der Waals surface area contributed by atoms with Crippen molar-refractivity contribution in [2.45, 2.75) is 30.3 Å². The fraction of sp³-hybridized carbons (Fsp3) is 0.500. The van der Waals surface area contributed by atoms with Gasteiger partial charge in [0.1, 0.15) is 30.7 Å². The van der Waals surface area contributed by atoms with Crippen LogP contribution in [0.4, 0.5) is 10.2 Å². The molecule has 1 aliphatic heterocycles. The van der Waals surface area contributed by atoms with Gasteiger partial charge in [-0.3, -0.25) is 9.36 Å². The third kappa shape index (κ3) is 2.52. The van der Waals surface area contributed by atoms with Crippen LogP contribution in [-0.4, -0.2) is 49.2 Å². The quantitative estimate of drug-likeness (QED) is 0.631. The zero-order valence-corrected chi connectivity index (χ0v) is 13.1. The van der Waals surface area contributed by atoms with Crippen molar-refractivity contribution < 1.29 is 18.7 Å². The molecule has 0 aliphatic carbocycles. The number of nitrogen functional groups attached to an aromatic ring is 1. The fourth-order valence-electron chi connectivity index (χ4n) is 2.30. The molecule has 4 atom stereocenters. The van der Waals surface area contributed by atoms with Gasteiger partial charge >= 0.3 is 5.97 Å². The molecule has 118 valence electrons. The molecular formula is C12H13BrFN5O3. The van der Waals surface area contributed by atoms with Crippen molar-refractivity contribution in [3.63, 3.8) is 0 Å². The van der Waals surface area contributed by atoms with Gasteiger partial charge in [0, 0.05) is 6.92 Å². The van der Waals surface area contributed by atoms with Gasteiger partial charge in [-0.2, -0.15) is 0 Å². The van der Waals surface area contributed by atoms with Crippen molar-refractivity contribution in [3.8, 4) is 0 Å². The van der Waals surface area contributed by atoms with Crippen LogP contribution in [0.5, 0.6) is 0 Å². The molecule has 4 unspecified atom stereocenters. The molecular weight excluding hydrogens is 361 g/mol. The molecule has 1 aliphatic rings. The molecule has 22 heavy (non-hydrogen) atoms. The molecule has 0 spiro atoms. The van der Waals surface area contributed by atoms with Crippen LogP contribution in [0.3, 0.4) is 0 Å². The van der Waals surface area contributed by atoms with Gasteiger partial charge in [0.25, 0.3) is 0 Å². The van der Waals surface area contributed by atoms with E-state index in [1.165, 1.54) is 19.6 Å². The highest BCUT2D eigenvalue weighted by Gasteiger charge is 2.45. The van der Waals surface area contributed by atoms with E-state index in [0.29, 0.717) is 11.2 Å². The molecule has 2 N–H and O–H groups in total. The molecule has 0 saturated carbocycles. The SMILES string of the molecule is CC(=O)OCC1OC(n2cnc3c(N)ncnc32)C(Br)C1F. The number of hydrogen-bond acceptors (Lipinski definition) is 7. The Morgan fingerprint density at radius 1 is 1.55 bits per heavy atom. The Kier molecular flexibility index (Phi) is 3.96. The second-order valence-electron chi connectivity index (χ2n) is 4.84. The maximum atomic E-state index is 14.3. The van der Waals surface area contributed by atoms with Crippen molar-refractivity contribution in [1.29, 1.82) is 0 Å². The van der Waals surface area contributed by atoms with E-state index in [1.54, 1.807) is 4.57 Å². The minimum absolute atomic E-state index is 0.154. The zero-order valence-electron chi connectivity index (χ0n) is 11.5. The number of ether oxygens (including phenoxy) is 2. The minimum atomic E-state index is -1.35. The lowest BCUT2D eigenvalue weighted by molar-refractivity contribution is -0.146. The van der Waals surface area contributed by atoms with Crippen LogP contribution in [0.2, 0.25) is 0 Å². The van der Waals surface area contributed by atoms with Crippen LogP contribution in [0, 0.1) is 0 Å². The predicted octanol–water partition coefficient (Wildman–Crippen LogP) is 0.971. The van der Waals surface area contributed by atoms with Crippen LogP contribution < -0.4 is 5.73 Å². The summed E-state index contributed by atoms with van der Waals surface area (Å²) in [5, 5.41) is 0. The van der Waals surface area contributed by atoms with Crippen LogP contribution >= 0.6 is 15.9 Å². The first-order chi connectivity index (χ1) is 10.5. The van der Waals surface area contributed by atoms with Crippen LogP contribution in [0.25, 0.3) is 11.2 Å². The number of aromatic nitrogens is 4. The van der Waals surface area contributed by atoms with E-state index in [4.69, 9.17) is 15.2 Å². The van der Waals surface area contributed by atoms with Gasteiger partial charge in [0.2, 0.25) is 0 Å². The molecule has 1 fully saturated rings. The van der Waals surface area contributed by atoms with Gasteiger partial charge < -0.3 is 15.2 Å². The molecule has 2 aromatic heterocycles. The topological polar surface area (TPSA) is 105 Å². The molecule has 10 heteroatoms. The maximum absolute atomic E-state index is 14.3. The number of nitrogens with zero attached hydrogens (tertiary/aromatic N) is 4. The number of esters is 1. The summed E-state index contributed by atoms with van der Waals surface area (Å²) in [6, 6.07) is 0. The average molecular weight is 374 g/mol. The average Bonchev–Trinajstić information content (AvgIpc) is 3.01. The number of carbonyl (C=O) groups excluding carboxylic acids is 1. The molecule has 0 amide bonds. The van der Waals surface area contributed by atoms with Gasteiger partial charge in [-0.25, -0.2) is 19.3 Å². The molecule has 0 bridgehead atoms. The summed E-state index contributed by atoms with van der Waals surface area (Å²) in [5.74, 6) is -0.250. The van der Waals surface area contributed by atoms with E-state index in [0.717, 1.165) is 0 Å². The second-order valence-corrected chi connectivity index (χ2v) is 5.90. The van der Waals surface area contributed by atoms with E-state index in [9.17, 15) is 9.18 Å². The Hall–Kier alpha value is -1.81. The molecule has 0 aromatic carbocycles. The summed E-state index contributed by atoms with van der Waals surface area (Å²) in [6.07, 6.45) is -0.127. The minimum Gasteiger partial charge on any atom is -0.463 e. The van der Waals surface area contributed by atoms with Crippen molar-refractivity contribution in [1.82, 2.24) is 19.5 Å². The van der Waals surface area contributed by atoms with E-state index >= 15 is 0 Å². The van der Waals surface area contributed by atoms with Crippen LogP contribution in [-0.2, 0) is 14.3 Å². The van der Waals surface area contributed by atoms with Crippen LogP contribution in [0.1, 0.15) is 13.2 Å². The molecule has 8 nitrogen and oxygen atoms in total. The van der Waals surface area contributed by atoms with E-state index < -0.39 is 29.3 Å². The third-order valence-corrected chi connectivity index (χ3v) is 4.32. The number of anilines is 1. The molecule has 3 heterocycles. The molecule has 1 saturated heterocycles. The largest absolute Gasteiger partial charge is 0.463 e. The highest BCUT2D eigenvalue weighted by Crippen LogP contribution is 2.38. The van der Waals surface area contributed by atoms with E-state index in [1.807, 2.05) is 0 Å². The first-order valence-corrected chi connectivity index (χ1v) is 7.40. The van der Waals surface area contributed by atoms with Gasteiger partial charge in [-0.15, -0.1) is 0 Å². The number of alkyl halides is 2.